The molecule has 1 aromatic rings. The van der Waals surface area contributed by atoms with Crippen molar-refractivity contribution in [2.75, 3.05) is 0 Å². The lowest BCUT2D eigenvalue weighted by atomic mass is 10.0. The molecule has 0 fully saturated rings. The van der Waals surface area contributed by atoms with Crippen molar-refractivity contribution in [3.63, 3.8) is 0 Å². The number of aliphatic carboxylic acids is 1. The smallest absolute Gasteiger partial charge is 0.321 e. The zero-order valence-corrected chi connectivity index (χ0v) is 12.3. The van der Waals surface area contributed by atoms with Crippen LogP contribution in [-0.2, 0) is 21.2 Å². The van der Waals surface area contributed by atoms with E-state index in [-0.39, 0.29) is 10.5 Å². The van der Waals surface area contributed by atoms with Gasteiger partial charge in [-0.2, -0.15) is 4.72 Å². The Labute approximate surface area is 117 Å². The van der Waals surface area contributed by atoms with Crippen LogP contribution >= 0.6 is 0 Å². The fraction of sp³-hybridized carbons (Fsp3) is 0.462. The molecule has 1 atom stereocenters. The molecule has 2 rings (SSSR count). The largest absolute Gasteiger partial charge is 0.487 e. The second-order valence-corrected chi connectivity index (χ2v) is 7.20. The van der Waals surface area contributed by atoms with E-state index in [2.05, 4.69) is 4.72 Å². The Bertz CT molecular complexity index is 651. The summed E-state index contributed by atoms with van der Waals surface area (Å²) in [4.78, 5) is 10.8. The molecule has 20 heavy (non-hydrogen) atoms. The van der Waals surface area contributed by atoms with E-state index in [1.807, 2.05) is 13.8 Å². The van der Waals surface area contributed by atoms with Crippen molar-refractivity contribution in [1.29, 1.82) is 0 Å². The molecule has 2 N–H and O–H groups in total. The molecule has 0 aliphatic carbocycles. The van der Waals surface area contributed by atoms with Crippen LogP contribution in [0.5, 0.6) is 5.75 Å². The number of fused-ring (bicyclic) bond motifs is 1. The van der Waals surface area contributed by atoms with E-state index in [4.69, 9.17) is 9.84 Å². The summed E-state index contributed by atoms with van der Waals surface area (Å²) in [7, 11) is -3.85. The van der Waals surface area contributed by atoms with E-state index in [0.717, 1.165) is 5.56 Å². The number of ether oxygens (including phenoxy) is 1. The number of hydrogen-bond donors (Lipinski definition) is 2. The monoisotopic (exact) mass is 299 g/mol. The third-order valence-electron chi connectivity index (χ3n) is 3.05. The van der Waals surface area contributed by atoms with Crippen LogP contribution in [0.2, 0.25) is 0 Å². The molecule has 0 unspecified atom stereocenters. The number of benzene rings is 1. The molecule has 0 spiro atoms. The molecule has 1 aliphatic heterocycles. The fourth-order valence-corrected chi connectivity index (χ4v) is 3.35. The first-order chi connectivity index (χ1) is 9.11. The third-order valence-corrected chi connectivity index (χ3v) is 4.59. The highest BCUT2D eigenvalue weighted by Crippen LogP contribution is 2.35. The van der Waals surface area contributed by atoms with Gasteiger partial charge in [0, 0.05) is 6.42 Å². The van der Waals surface area contributed by atoms with Crippen LogP contribution < -0.4 is 9.46 Å². The van der Waals surface area contributed by atoms with Crippen molar-refractivity contribution >= 4 is 16.0 Å². The normalized spacial score (nSPS) is 18.1. The number of carboxylic acids is 1. The zero-order valence-electron chi connectivity index (χ0n) is 11.5. The number of sulfonamides is 1. The van der Waals surface area contributed by atoms with Gasteiger partial charge in [-0.1, -0.05) is 0 Å². The number of rotatable bonds is 4. The summed E-state index contributed by atoms with van der Waals surface area (Å²) in [6.45, 7) is 5.12. The Morgan fingerprint density at radius 2 is 2.10 bits per heavy atom. The standard InChI is InChI=1S/C13H17NO5S/c1-8(12(15)16)14-20(17,18)10-4-5-11-9(6-10)7-13(2,3)19-11/h4-6,8,14H,7H2,1-3H3,(H,15,16)/t8-/m0/s1. The molecule has 0 saturated heterocycles. The van der Waals surface area contributed by atoms with Gasteiger partial charge >= 0.3 is 5.97 Å². The van der Waals surface area contributed by atoms with E-state index >= 15 is 0 Å². The predicted molar refractivity (Wildman–Crippen MR) is 72.3 cm³/mol. The maximum atomic E-state index is 12.1. The molecule has 7 heteroatoms. The Morgan fingerprint density at radius 3 is 2.70 bits per heavy atom. The minimum atomic E-state index is -3.85. The maximum Gasteiger partial charge on any atom is 0.321 e. The van der Waals surface area contributed by atoms with Gasteiger partial charge in [-0.25, -0.2) is 8.42 Å². The number of nitrogens with one attached hydrogen (secondary N) is 1. The Balaban J connectivity index is 2.29. The lowest BCUT2D eigenvalue weighted by Gasteiger charge is -2.16. The second kappa shape index (κ2) is 4.75. The van der Waals surface area contributed by atoms with Gasteiger partial charge in [-0.05, 0) is 44.5 Å². The van der Waals surface area contributed by atoms with Crippen molar-refractivity contribution in [2.45, 2.75) is 43.7 Å². The molecule has 0 radical (unpaired) electrons. The van der Waals surface area contributed by atoms with E-state index in [1.54, 1.807) is 6.07 Å². The second-order valence-electron chi connectivity index (χ2n) is 5.49. The number of carbonyl (C=O) groups is 1. The van der Waals surface area contributed by atoms with Crippen molar-refractivity contribution in [3.8, 4) is 5.75 Å². The average Bonchev–Trinajstić information content (AvgIpc) is 2.60. The first-order valence-corrected chi connectivity index (χ1v) is 7.66. The zero-order chi connectivity index (χ0) is 15.1. The average molecular weight is 299 g/mol. The van der Waals surface area contributed by atoms with Crippen molar-refractivity contribution in [2.24, 2.45) is 0 Å². The van der Waals surface area contributed by atoms with Crippen LogP contribution in [0.3, 0.4) is 0 Å². The molecule has 1 heterocycles. The minimum absolute atomic E-state index is 0.0469. The van der Waals surface area contributed by atoms with Gasteiger partial charge in [-0.3, -0.25) is 4.79 Å². The summed E-state index contributed by atoms with van der Waals surface area (Å²) in [5, 5.41) is 8.77. The molecule has 0 amide bonds. The molecule has 1 aromatic carbocycles. The van der Waals surface area contributed by atoms with E-state index in [9.17, 15) is 13.2 Å². The molecular formula is C13H17NO5S. The molecule has 110 valence electrons. The van der Waals surface area contributed by atoms with Gasteiger partial charge in [0.25, 0.3) is 0 Å². The van der Waals surface area contributed by atoms with Crippen LogP contribution in [0.25, 0.3) is 0 Å². The molecular weight excluding hydrogens is 282 g/mol. The SMILES string of the molecule is C[C@H](NS(=O)(=O)c1ccc2c(c1)CC(C)(C)O2)C(=O)O. The highest BCUT2D eigenvalue weighted by Gasteiger charge is 2.31. The minimum Gasteiger partial charge on any atom is -0.487 e. The van der Waals surface area contributed by atoms with E-state index < -0.39 is 22.0 Å². The van der Waals surface area contributed by atoms with Crippen molar-refractivity contribution in [1.82, 2.24) is 4.72 Å². The summed E-state index contributed by atoms with van der Waals surface area (Å²) >= 11 is 0. The van der Waals surface area contributed by atoms with Crippen LogP contribution in [0, 0.1) is 0 Å². The van der Waals surface area contributed by atoms with Gasteiger partial charge < -0.3 is 9.84 Å². The number of hydrogen-bond acceptors (Lipinski definition) is 4. The summed E-state index contributed by atoms with van der Waals surface area (Å²) in [6.07, 6.45) is 0.611. The molecule has 0 aromatic heterocycles. The molecule has 0 bridgehead atoms. The van der Waals surface area contributed by atoms with Crippen LogP contribution in [0.4, 0.5) is 0 Å². The number of carboxylic acid groups (broad SMARTS) is 1. The quantitative estimate of drug-likeness (QED) is 0.870. The fourth-order valence-electron chi connectivity index (χ4n) is 2.10. The van der Waals surface area contributed by atoms with Crippen LogP contribution in [-0.4, -0.2) is 31.1 Å². The molecule has 1 aliphatic rings. The maximum absolute atomic E-state index is 12.1. The highest BCUT2D eigenvalue weighted by molar-refractivity contribution is 7.89. The first-order valence-electron chi connectivity index (χ1n) is 6.18. The van der Waals surface area contributed by atoms with Crippen molar-refractivity contribution < 1.29 is 23.1 Å². The van der Waals surface area contributed by atoms with Gasteiger partial charge in [0.05, 0.1) is 4.90 Å². The summed E-state index contributed by atoms with van der Waals surface area (Å²) in [5.74, 6) is -0.556. The highest BCUT2D eigenvalue weighted by atomic mass is 32.2. The van der Waals surface area contributed by atoms with Gasteiger partial charge in [0.2, 0.25) is 10.0 Å². The molecule has 0 saturated carbocycles. The molecule has 6 nitrogen and oxygen atoms in total. The topological polar surface area (TPSA) is 92.7 Å². The first kappa shape index (κ1) is 14.8. The Kier molecular flexibility index (Phi) is 3.51. The van der Waals surface area contributed by atoms with Gasteiger partial charge in [0.1, 0.15) is 17.4 Å². The third kappa shape index (κ3) is 2.94. The summed E-state index contributed by atoms with van der Waals surface area (Å²) < 4.78 is 32.0. The van der Waals surface area contributed by atoms with E-state index in [1.165, 1.54) is 19.1 Å². The van der Waals surface area contributed by atoms with E-state index in [0.29, 0.717) is 12.2 Å². The van der Waals surface area contributed by atoms with Crippen molar-refractivity contribution in [3.05, 3.63) is 23.8 Å². The van der Waals surface area contributed by atoms with Gasteiger partial charge in [0.15, 0.2) is 0 Å². The summed E-state index contributed by atoms with van der Waals surface area (Å²) in [6, 6.07) is 3.36. The van der Waals surface area contributed by atoms with Crippen LogP contribution in [0.15, 0.2) is 23.1 Å². The Morgan fingerprint density at radius 1 is 1.45 bits per heavy atom. The Hall–Kier alpha value is -1.60. The predicted octanol–water partition coefficient (Wildman–Crippen LogP) is 1.15. The lowest BCUT2D eigenvalue weighted by Crippen LogP contribution is -2.38. The van der Waals surface area contributed by atoms with Gasteiger partial charge in [-0.15, -0.1) is 0 Å². The van der Waals surface area contributed by atoms with Crippen LogP contribution in [0.1, 0.15) is 26.3 Å². The lowest BCUT2D eigenvalue weighted by molar-refractivity contribution is -0.138. The summed E-state index contributed by atoms with van der Waals surface area (Å²) in [5.41, 5.74) is 0.452.